The number of ether oxygens (including phenoxy) is 2. The minimum Gasteiger partial charge on any atom is -0.388 e. The zero-order valence-corrected chi connectivity index (χ0v) is 19.5. The molecule has 4 heteroatoms. The monoisotopic (exact) mass is 464 g/mol. The van der Waals surface area contributed by atoms with E-state index in [0.717, 1.165) is 12.8 Å². The van der Waals surface area contributed by atoms with E-state index in [1.807, 2.05) is 36.4 Å². The maximum atomic E-state index is 8.05. The fraction of sp³-hybridized carbons (Fsp3) is 0.161. The third-order valence-corrected chi connectivity index (χ3v) is 4.87. The molecule has 0 aromatic heterocycles. The van der Waals surface area contributed by atoms with Crippen molar-refractivity contribution in [3.8, 4) is 35.1 Å². The Hall–Kier alpha value is -4.54. The lowest BCUT2D eigenvalue weighted by atomic mass is 10.0. The molecule has 178 valence electrons. The summed E-state index contributed by atoms with van der Waals surface area (Å²) in [5.41, 5.74) is 5.41. The van der Waals surface area contributed by atoms with Gasteiger partial charge >= 0.3 is 0 Å². The van der Waals surface area contributed by atoms with Crippen molar-refractivity contribution in [1.82, 2.24) is 0 Å². The molecule has 0 aliphatic rings. The van der Waals surface area contributed by atoms with Crippen LogP contribution >= 0.6 is 0 Å². The zero-order chi connectivity index (χ0) is 24.4. The Kier molecular flexibility index (Phi) is 13.8. The van der Waals surface area contributed by atoms with Crippen molar-refractivity contribution in [2.45, 2.75) is 34.1 Å². The molecule has 0 radical (unpaired) electrons. The van der Waals surface area contributed by atoms with Crippen LogP contribution in [0.1, 0.15) is 32.4 Å². The summed E-state index contributed by atoms with van der Waals surface area (Å²) in [5, 5.41) is 16.1. The van der Waals surface area contributed by atoms with Crippen LogP contribution in [0.15, 0.2) is 109 Å². The first-order chi connectivity index (χ1) is 16.7. The molecular formula is C31H32N2O2. The van der Waals surface area contributed by atoms with Gasteiger partial charge in [0.15, 0.2) is 0 Å². The molecule has 0 aliphatic heterocycles. The first kappa shape index (κ1) is 28.5. The Labute approximate surface area is 209 Å². The highest BCUT2D eigenvalue weighted by Crippen LogP contribution is 2.20. The van der Waals surface area contributed by atoms with E-state index in [0.29, 0.717) is 11.5 Å². The molecule has 4 rings (SSSR count). The molecule has 0 spiro atoms. The van der Waals surface area contributed by atoms with Crippen LogP contribution < -0.4 is 9.47 Å². The molecule has 0 N–H and O–H groups in total. The molecule has 0 bridgehead atoms. The molecule has 4 aromatic rings. The Morgan fingerprint density at radius 1 is 0.514 bits per heavy atom. The molecule has 0 heterocycles. The molecule has 4 aromatic carbocycles. The summed E-state index contributed by atoms with van der Waals surface area (Å²) in [6, 6.07) is 35.6. The number of benzene rings is 4. The van der Waals surface area contributed by atoms with Gasteiger partial charge in [0.25, 0.3) is 12.5 Å². The summed E-state index contributed by atoms with van der Waals surface area (Å²) in [6.45, 7) is 4.37. The van der Waals surface area contributed by atoms with Crippen LogP contribution in [-0.2, 0) is 12.8 Å². The van der Waals surface area contributed by atoms with Crippen LogP contribution in [0.5, 0.6) is 11.5 Å². The van der Waals surface area contributed by atoms with Gasteiger partial charge in [0.1, 0.15) is 11.5 Å². The van der Waals surface area contributed by atoms with Gasteiger partial charge in [0.2, 0.25) is 0 Å². The Morgan fingerprint density at radius 2 is 0.829 bits per heavy atom. The second-order valence-corrected chi connectivity index (χ2v) is 7.11. The third-order valence-electron chi connectivity index (χ3n) is 4.87. The van der Waals surface area contributed by atoms with Crippen LogP contribution in [0.3, 0.4) is 0 Å². The predicted molar refractivity (Wildman–Crippen MR) is 143 cm³/mol. The van der Waals surface area contributed by atoms with Crippen LogP contribution in [0.2, 0.25) is 0 Å². The van der Waals surface area contributed by atoms with E-state index in [9.17, 15) is 0 Å². The normalized spacial score (nSPS) is 8.80. The first-order valence-corrected chi connectivity index (χ1v) is 11.1. The van der Waals surface area contributed by atoms with Crippen LogP contribution in [0.4, 0.5) is 0 Å². The summed E-state index contributed by atoms with van der Waals surface area (Å²) in [4.78, 5) is 0. The second kappa shape index (κ2) is 17.0. The summed E-state index contributed by atoms with van der Waals surface area (Å²) in [5.74, 6) is 1.17. The quantitative estimate of drug-likeness (QED) is 0.279. The van der Waals surface area contributed by atoms with Gasteiger partial charge < -0.3 is 9.47 Å². The molecule has 0 saturated carbocycles. The van der Waals surface area contributed by atoms with Gasteiger partial charge in [-0.25, -0.2) is 0 Å². The van der Waals surface area contributed by atoms with Gasteiger partial charge in [-0.1, -0.05) is 106 Å². The van der Waals surface area contributed by atoms with Crippen molar-refractivity contribution in [1.29, 1.82) is 10.5 Å². The molecule has 0 aliphatic carbocycles. The molecule has 4 nitrogen and oxygen atoms in total. The Morgan fingerprint density at radius 3 is 1.09 bits per heavy atom. The Bertz CT molecular complexity index is 1060. The molecule has 0 unspecified atom stereocenters. The van der Waals surface area contributed by atoms with Gasteiger partial charge in [0, 0.05) is 0 Å². The number of hydrogen-bond acceptors (Lipinski definition) is 4. The summed E-state index contributed by atoms with van der Waals surface area (Å²) >= 11 is 0. The lowest BCUT2D eigenvalue weighted by Crippen LogP contribution is -1.83. The van der Waals surface area contributed by atoms with E-state index in [2.05, 4.69) is 71.9 Å². The summed E-state index contributed by atoms with van der Waals surface area (Å²) in [6.07, 6.45) is 5.38. The highest BCUT2D eigenvalue weighted by molar-refractivity contribution is 5.63. The van der Waals surface area contributed by atoms with E-state index in [4.69, 9.17) is 10.5 Å². The van der Waals surface area contributed by atoms with Crippen molar-refractivity contribution in [2.24, 2.45) is 0 Å². The van der Waals surface area contributed by atoms with E-state index in [1.54, 1.807) is 36.8 Å². The summed E-state index contributed by atoms with van der Waals surface area (Å²) < 4.78 is 9.02. The van der Waals surface area contributed by atoms with Gasteiger partial charge in [0.05, 0.1) is 0 Å². The number of nitrogens with zero attached hydrogens (tertiary/aromatic N) is 2. The minimum absolute atomic E-state index is 0. The lowest BCUT2D eigenvalue weighted by molar-refractivity contribution is 0.507. The average molecular weight is 465 g/mol. The number of rotatable bonds is 5. The van der Waals surface area contributed by atoms with Crippen molar-refractivity contribution in [2.75, 3.05) is 0 Å². The van der Waals surface area contributed by atoms with Gasteiger partial charge in [-0.2, -0.15) is 0 Å². The molecule has 0 amide bonds. The number of aryl methyl sites for hydroxylation is 2. The number of para-hydroxylation sites is 2. The van der Waals surface area contributed by atoms with Crippen molar-refractivity contribution in [3.63, 3.8) is 0 Å². The van der Waals surface area contributed by atoms with Gasteiger partial charge in [-0.3, -0.25) is 0 Å². The summed E-state index contributed by atoms with van der Waals surface area (Å²) in [7, 11) is 0. The smallest absolute Gasteiger partial charge is 0.292 e. The highest BCUT2D eigenvalue weighted by Gasteiger charge is 1.97. The second-order valence-electron chi connectivity index (χ2n) is 7.11. The predicted octanol–water partition coefficient (Wildman–Crippen LogP) is 8.21. The molecule has 35 heavy (non-hydrogen) atoms. The molecule has 0 fully saturated rings. The van der Waals surface area contributed by atoms with Crippen LogP contribution in [-0.4, -0.2) is 0 Å². The maximum Gasteiger partial charge on any atom is 0.292 e. The fourth-order valence-electron chi connectivity index (χ4n) is 2.95. The SMILES string of the molecule is C.CCc1ccc(-c2ccc(CC)cc2)cc1.N#COc1ccccc1.N#COc1ccccc1. The molecule has 0 atom stereocenters. The van der Waals surface area contributed by atoms with Crippen molar-refractivity contribution >= 4 is 0 Å². The van der Waals surface area contributed by atoms with E-state index >= 15 is 0 Å². The largest absolute Gasteiger partial charge is 0.388 e. The third kappa shape index (κ3) is 10.7. The zero-order valence-electron chi connectivity index (χ0n) is 19.5. The number of nitriles is 2. The molecule has 0 saturated heterocycles. The van der Waals surface area contributed by atoms with Crippen LogP contribution in [0.25, 0.3) is 11.1 Å². The Balaban J connectivity index is 0.000000278. The molecular weight excluding hydrogens is 432 g/mol. The lowest BCUT2D eigenvalue weighted by Gasteiger charge is -2.04. The first-order valence-electron chi connectivity index (χ1n) is 11.1. The van der Waals surface area contributed by atoms with Crippen molar-refractivity contribution in [3.05, 3.63) is 120 Å². The standard InChI is InChI=1S/C16H18.2C7H5NO.CH4/c1-3-13-5-9-15(10-6-13)16-11-7-14(4-2)8-12-16;2*8-6-9-7-4-2-1-3-5-7;/h5-12H,3-4H2,1-2H3;2*1-5H;1H4. The highest BCUT2D eigenvalue weighted by atomic mass is 16.5. The topological polar surface area (TPSA) is 66.0 Å². The number of hydrogen-bond donors (Lipinski definition) is 0. The van der Waals surface area contributed by atoms with Gasteiger partial charge in [-0.15, -0.1) is 10.5 Å². The van der Waals surface area contributed by atoms with Crippen molar-refractivity contribution < 1.29 is 9.47 Å². The van der Waals surface area contributed by atoms with Gasteiger partial charge in [-0.05, 0) is 59.4 Å². The van der Waals surface area contributed by atoms with E-state index < -0.39 is 0 Å². The maximum absolute atomic E-state index is 8.05. The average Bonchev–Trinajstić information content (AvgIpc) is 2.91. The fourth-order valence-corrected chi connectivity index (χ4v) is 2.95. The van der Waals surface area contributed by atoms with Crippen LogP contribution in [0, 0.1) is 23.0 Å². The minimum atomic E-state index is 0. The van der Waals surface area contributed by atoms with E-state index in [-0.39, 0.29) is 7.43 Å². The van der Waals surface area contributed by atoms with E-state index in [1.165, 1.54) is 22.3 Å².